The van der Waals surface area contributed by atoms with Crippen molar-refractivity contribution in [1.82, 2.24) is 5.32 Å². The maximum Gasteiger partial charge on any atom is 0.499 e. The standard InChI is InChI=1S/C13H14F5N2O/c14-12(15,16)13(17,18)21-11-3-1-2-10(8-11)20-9-4-6-19-7-5-9/h1-3,8-9,20H,4-7H2. The molecule has 1 fully saturated rings. The first-order valence-electron chi connectivity index (χ1n) is 6.41. The van der Waals surface area contributed by atoms with Crippen molar-refractivity contribution in [2.45, 2.75) is 31.2 Å². The van der Waals surface area contributed by atoms with Crippen molar-refractivity contribution in [2.24, 2.45) is 0 Å². The SMILES string of the molecule is FC(F)(F)C(F)(F)Oc1cccc(NC2CC[N]CC2)c1. The third-order valence-electron chi connectivity index (χ3n) is 3.05. The van der Waals surface area contributed by atoms with E-state index < -0.39 is 18.0 Å². The van der Waals surface area contributed by atoms with Gasteiger partial charge in [-0.15, -0.1) is 0 Å². The number of anilines is 1. The van der Waals surface area contributed by atoms with Crippen LogP contribution < -0.4 is 15.4 Å². The Morgan fingerprint density at radius 2 is 1.76 bits per heavy atom. The fraction of sp³-hybridized carbons (Fsp3) is 0.538. The highest BCUT2D eigenvalue weighted by atomic mass is 19.4. The number of hydrogen-bond donors (Lipinski definition) is 1. The molecule has 1 aliphatic heterocycles. The molecule has 1 aromatic rings. The second-order valence-electron chi connectivity index (χ2n) is 4.73. The van der Waals surface area contributed by atoms with Crippen LogP contribution in [0.5, 0.6) is 5.75 Å². The van der Waals surface area contributed by atoms with E-state index in [2.05, 4.69) is 15.4 Å². The Hall–Kier alpha value is -1.57. The quantitative estimate of drug-likeness (QED) is 0.865. The summed E-state index contributed by atoms with van der Waals surface area (Å²) in [4.78, 5) is 0. The van der Waals surface area contributed by atoms with Gasteiger partial charge in [0.2, 0.25) is 0 Å². The fourth-order valence-electron chi connectivity index (χ4n) is 1.99. The maximum atomic E-state index is 12.8. The lowest BCUT2D eigenvalue weighted by Gasteiger charge is -2.24. The van der Waals surface area contributed by atoms with Crippen molar-refractivity contribution in [2.75, 3.05) is 18.4 Å². The highest BCUT2D eigenvalue weighted by molar-refractivity contribution is 5.49. The molecule has 2 rings (SSSR count). The van der Waals surface area contributed by atoms with Gasteiger partial charge in [-0.05, 0) is 25.0 Å². The first-order chi connectivity index (χ1) is 9.78. The third kappa shape index (κ3) is 4.20. The van der Waals surface area contributed by atoms with E-state index in [9.17, 15) is 22.0 Å². The Bertz CT molecular complexity index is 472. The second-order valence-corrected chi connectivity index (χ2v) is 4.73. The minimum absolute atomic E-state index is 0.126. The summed E-state index contributed by atoms with van der Waals surface area (Å²) < 4.78 is 65.7. The zero-order valence-electron chi connectivity index (χ0n) is 11.0. The number of piperidine rings is 1. The monoisotopic (exact) mass is 309 g/mol. The summed E-state index contributed by atoms with van der Waals surface area (Å²) in [7, 11) is 0. The molecule has 0 aliphatic carbocycles. The molecule has 0 spiro atoms. The average molecular weight is 309 g/mol. The van der Waals surface area contributed by atoms with Crippen LogP contribution in [-0.4, -0.2) is 31.4 Å². The lowest BCUT2D eigenvalue weighted by Crippen LogP contribution is -2.41. The van der Waals surface area contributed by atoms with E-state index in [1.54, 1.807) is 6.07 Å². The molecular formula is C13H14F5N2O. The first-order valence-corrected chi connectivity index (χ1v) is 6.41. The Labute approximate surface area is 118 Å². The predicted octanol–water partition coefficient (Wildman–Crippen LogP) is 3.40. The largest absolute Gasteiger partial charge is 0.499 e. The molecule has 1 N–H and O–H groups in total. The topological polar surface area (TPSA) is 35.4 Å². The average Bonchev–Trinajstić information content (AvgIpc) is 2.38. The summed E-state index contributed by atoms with van der Waals surface area (Å²) >= 11 is 0. The second kappa shape index (κ2) is 6.05. The molecule has 0 atom stereocenters. The molecule has 0 bridgehead atoms. The van der Waals surface area contributed by atoms with Gasteiger partial charge in [-0.2, -0.15) is 22.0 Å². The maximum absolute atomic E-state index is 12.8. The van der Waals surface area contributed by atoms with Gasteiger partial charge in [-0.3, -0.25) is 0 Å². The molecule has 0 amide bonds. The minimum atomic E-state index is -5.75. The predicted molar refractivity (Wildman–Crippen MR) is 66.6 cm³/mol. The lowest BCUT2D eigenvalue weighted by atomic mass is 10.1. The number of hydrogen-bond acceptors (Lipinski definition) is 2. The van der Waals surface area contributed by atoms with E-state index in [4.69, 9.17) is 0 Å². The molecular weight excluding hydrogens is 295 g/mol. The summed E-state index contributed by atoms with van der Waals surface area (Å²) in [6.45, 7) is 1.42. The molecule has 0 unspecified atom stereocenters. The summed E-state index contributed by atoms with van der Waals surface area (Å²) in [5.74, 6) is -0.539. The van der Waals surface area contributed by atoms with Gasteiger partial charge in [0.1, 0.15) is 5.75 Å². The van der Waals surface area contributed by atoms with E-state index in [-0.39, 0.29) is 6.04 Å². The van der Waals surface area contributed by atoms with Gasteiger partial charge >= 0.3 is 12.3 Å². The summed E-state index contributed by atoms with van der Waals surface area (Å²) in [6, 6.07) is 5.26. The van der Waals surface area contributed by atoms with Crippen molar-refractivity contribution in [3.63, 3.8) is 0 Å². The van der Waals surface area contributed by atoms with Crippen LogP contribution in [0.2, 0.25) is 0 Å². The van der Waals surface area contributed by atoms with Crippen LogP contribution in [0, 0.1) is 0 Å². The molecule has 117 valence electrons. The van der Waals surface area contributed by atoms with Crippen molar-refractivity contribution >= 4 is 5.69 Å². The van der Waals surface area contributed by atoms with Gasteiger partial charge in [0.15, 0.2) is 0 Å². The van der Waals surface area contributed by atoms with Gasteiger partial charge < -0.3 is 10.1 Å². The van der Waals surface area contributed by atoms with E-state index in [1.165, 1.54) is 6.07 Å². The number of alkyl halides is 5. The smallest absolute Gasteiger partial charge is 0.426 e. The van der Waals surface area contributed by atoms with E-state index in [1.807, 2.05) is 0 Å². The Balaban J connectivity index is 2.03. The molecule has 1 heterocycles. The van der Waals surface area contributed by atoms with Crippen LogP contribution in [0.25, 0.3) is 0 Å². The molecule has 0 saturated carbocycles. The van der Waals surface area contributed by atoms with Crippen LogP contribution in [0.15, 0.2) is 24.3 Å². The van der Waals surface area contributed by atoms with Crippen LogP contribution in [-0.2, 0) is 0 Å². The highest BCUT2D eigenvalue weighted by Crippen LogP contribution is 2.37. The first kappa shape index (κ1) is 15.8. The van der Waals surface area contributed by atoms with Crippen LogP contribution >= 0.6 is 0 Å². The molecule has 8 heteroatoms. The van der Waals surface area contributed by atoms with E-state index >= 15 is 0 Å². The Kier molecular flexibility index (Phi) is 4.55. The summed E-state index contributed by atoms with van der Waals surface area (Å²) in [6.07, 6.45) is -9.37. The lowest BCUT2D eigenvalue weighted by molar-refractivity contribution is -0.360. The number of ether oxygens (including phenoxy) is 1. The summed E-state index contributed by atoms with van der Waals surface area (Å²) in [5, 5.41) is 7.25. The van der Waals surface area contributed by atoms with Gasteiger partial charge in [-0.1, -0.05) is 6.07 Å². The number of nitrogens with one attached hydrogen (secondary N) is 1. The zero-order valence-corrected chi connectivity index (χ0v) is 11.0. The Morgan fingerprint density at radius 3 is 2.38 bits per heavy atom. The number of rotatable bonds is 4. The molecule has 0 aromatic heterocycles. The van der Waals surface area contributed by atoms with Gasteiger partial charge in [-0.25, -0.2) is 5.32 Å². The summed E-state index contributed by atoms with van der Waals surface area (Å²) in [5.41, 5.74) is 0.442. The minimum Gasteiger partial charge on any atom is -0.426 e. The fourth-order valence-corrected chi connectivity index (χ4v) is 1.99. The van der Waals surface area contributed by atoms with Crippen molar-refractivity contribution in [3.05, 3.63) is 24.3 Å². The third-order valence-corrected chi connectivity index (χ3v) is 3.05. The van der Waals surface area contributed by atoms with E-state index in [0.29, 0.717) is 18.8 Å². The Morgan fingerprint density at radius 1 is 1.10 bits per heavy atom. The van der Waals surface area contributed by atoms with Crippen LogP contribution in [0.1, 0.15) is 12.8 Å². The number of halogens is 5. The molecule has 3 nitrogen and oxygen atoms in total. The number of nitrogens with zero attached hydrogens (tertiary/aromatic N) is 1. The molecule has 1 aromatic carbocycles. The highest BCUT2D eigenvalue weighted by Gasteiger charge is 2.61. The van der Waals surface area contributed by atoms with Crippen LogP contribution in [0.4, 0.5) is 27.6 Å². The van der Waals surface area contributed by atoms with Gasteiger partial charge in [0, 0.05) is 30.9 Å². The number of benzene rings is 1. The van der Waals surface area contributed by atoms with Crippen molar-refractivity contribution < 1.29 is 26.7 Å². The molecule has 1 radical (unpaired) electrons. The van der Waals surface area contributed by atoms with Crippen LogP contribution in [0.3, 0.4) is 0 Å². The van der Waals surface area contributed by atoms with E-state index in [0.717, 1.165) is 25.0 Å². The molecule has 1 saturated heterocycles. The van der Waals surface area contributed by atoms with Crippen molar-refractivity contribution in [3.8, 4) is 5.75 Å². The van der Waals surface area contributed by atoms with Crippen molar-refractivity contribution in [1.29, 1.82) is 0 Å². The molecule has 21 heavy (non-hydrogen) atoms. The molecule has 1 aliphatic rings. The van der Waals surface area contributed by atoms with Gasteiger partial charge in [0.25, 0.3) is 0 Å². The zero-order chi connectivity index (χ0) is 15.5. The normalized spacial score (nSPS) is 17.6. The van der Waals surface area contributed by atoms with Gasteiger partial charge in [0.05, 0.1) is 0 Å².